The summed E-state index contributed by atoms with van der Waals surface area (Å²) in [5.74, 6) is 0.114. The maximum atomic E-state index is 13.1. The maximum Gasteiger partial charge on any atom is 0.258 e. The Kier molecular flexibility index (Phi) is 6.70. The average Bonchev–Trinajstić information content (AvgIpc) is 2.74. The number of ether oxygens (including phenoxy) is 1. The molecule has 29 heavy (non-hydrogen) atoms. The first-order valence-corrected chi connectivity index (χ1v) is 10.0. The Morgan fingerprint density at radius 3 is 2.34 bits per heavy atom. The van der Waals surface area contributed by atoms with Crippen LogP contribution >= 0.6 is 0 Å². The third-order valence-corrected chi connectivity index (χ3v) is 5.25. The lowest BCUT2D eigenvalue weighted by atomic mass is 10.0. The van der Waals surface area contributed by atoms with E-state index in [1.54, 1.807) is 32.2 Å². The molecule has 152 valence electrons. The van der Waals surface area contributed by atoms with Gasteiger partial charge in [0.05, 0.1) is 17.7 Å². The number of hydrogen-bond acceptors (Lipinski definition) is 3. The largest absolute Gasteiger partial charge is 0.490 e. The lowest BCUT2D eigenvalue weighted by Crippen LogP contribution is -2.47. The summed E-state index contributed by atoms with van der Waals surface area (Å²) in [6, 6.07) is 16.3. The molecule has 1 aliphatic rings. The number of likely N-dealkylation sites (N-methyl/N-ethyl adjacent to an activating group) is 1. The molecular formula is C24H28N2O3. The highest BCUT2D eigenvalue weighted by atomic mass is 16.5. The number of hydrogen-bond donors (Lipinski definition) is 1. The number of nitrogens with zero attached hydrogens (tertiary/aromatic N) is 1. The van der Waals surface area contributed by atoms with Crippen LogP contribution in [-0.4, -0.2) is 35.9 Å². The van der Waals surface area contributed by atoms with Gasteiger partial charge in [-0.2, -0.15) is 0 Å². The Hall–Kier alpha value is -3.08. The van der Waals surface area contributed by atoms with Crippen molar-refractivity contribution >= 4 is 11.8 Å². The van der Waals surface area contributed by atoms with Crippen molar-refractivity contribution in [3.63, 3.8) is 0 Å². The van der Waals surface area contributed by atoms with Gasteiger partial charge in [0, 0.05) is 13.5 Å². The number of para-hydroxylation sites is 1. The number of carbonyl (C=O) groups excluding carboxylic acids is 2. The molecule has 0 saturated heterocycles. The van der Waals surface area contributed by atoms with E-state index >= 15 is 0 Å². The van der Waals surface area contributed by atoms with E-state index in [4.69, 9.17) is 4.74 Å². The normalized spacial score (nSPS) is 24.7. The van der Waals surface area contributed by atoms with Gasteiger partial charge >= 0.3 is 0 Å². The molecule has 5 nitrogen and oxygen atoms in total. The van der Waals surface area contributed by atoms with E-state index < -0.39 is 6.04 Å². The Morgan fingerprint density at radius 2 is 1.59 bits per heavy atom. The highest BCUT2D eigenvalue weighted by Gasteiger charge is 2.27. The highest BCUT2D eigenvalue weighted by Crippen LogP contribution is 2.24. The molecule has 2 aromatic carbocycles. The van der Waals surface area contributed by atoms with Gasteiger partial charge in [0.25, 0.3) is 5.91 Å². The van der Waals surface area contributed by atoms with E-state index in [9.17, 15) is 9.59 Å². The third-order valence-electron chi connectivity index (χ3n) is 5.25. The molecule has 0 unspecified atom stereocenters. The predicted molar refractivity (Wildman–Crippen MR) is 114 cm³/mol. The molecule has 2 aromatic rings. The Morgan fingerprint density at radius 1 is 0.931 bits per heavy atom. The summed E-state index contributed by atoms with van der Waals surface area (Å²) >= 11 is 0. The summed E-state index contributed by atoms with van der Waals surface area (Å²) < 4.78 is 6.03. The third kappa shape index (κ3) is 5.05. The molecular weight excluding hydrogens is 364 g/mol. The second-order valence-corrected chi connectivity index (χ2v) is 7.43. The van der Waals surface area contributed by atoms with Crippen LogP contribution in [-0.2, 0) is 4.79 Å². The van der Waals surface area contributed by atoms with E-state index in [0.29, 0.717) is 24.2 Å². The van der Waals surface area contributed by atoms with Crippen LogP contribution in [0.4, 0.5) is 0 Å². The molecule has 1 aliphatic heterocycles. The summed E-state index contributed by atoms with van der Waals surface area (Å²) in [5.41, 5.74) is 1.50. The van der Waals surface area contributed by atoms with Gasteiger partial charge in [0.15, 0.2) is 0 Å². The van der Waals surface area contributed by atoms with Crippen LogP contribution in [0.5, 0.6) is 5.75 Å². The van der Waals surface area contributed by atoms with Crippen molar-refractivity contribution in [2.75, 3.05) is 7.05 Å². The van der Waals surface area contributed by atoms with Crippen molar-refractivity contribution in [1.82, 2.24) is 10.2 Å². The van der Waals surface area contributed by atoms with Crippen LogP contribution in [0.25, 0.3) is 0 Å². The van der Waals surface area contributed by atoms with Gasteiger partial charge in [-0.1, -0.05) is 54.6 Å². The summed E-state index contributed by atoms with van der Waals surface area (Å²) in [5, 5.41) is 3.11. The van der Waals surface area contributed by atoms with Gasteiger partial charge in [-0.3, -0.25) is 9.59 Å². The highest BCUT2D eigenvalue weighted by molar-refractivity contribution is 5.99. The molecule has 0 aliphatic carbocycles. The van der Waals surface area contributed by atoms with E-state index in [1.807, 2.05) is 43.3 Å². The number of fused-ring (bicyclic) bond motifs is 1. The second-order valence-electron chi connectivity index (χ2n) is 7.43. The minimum atomic E-state index is -0.619. The van der Waals surface area contributed by atoms with E-state index in [0.717, 1.165) is 5.56 Å². The van der Waals surface area contributed by atoms with Crippen LogP contribution in [0.2, 0.25) is 0 Å². The van der Waals surface area contributed by atoms with Gasteiger partial charge < -0.3 is 15.0 Å². The van der Waals surface area contributed by atoms with Gasteiger partial charge in [0.1, 0.15) is 11.8 Å². The molecule has 5 heteroatoms. The first kappa shape index (κ1) is 20.6. The van der Waals surface area contributed by atoms with Crippen molar-refractivity contribution in [2.45, 2.75) is 44.9 Å². The van der Waals surface area contributed by atoms with Crippen LogP contribution < -0.4 is 10.1 Å². The predicted octanol–water partition coefficient (Wildman–Crippen LogP) is 4.12. The molecule has 1 N–H and O–H groups in total. The summed E-state index contributed by atoms with van der Waals surface area (Å²) in [4.78, 5) is 27.5. The summed E-state index contributed by atoms with van der Waals surface area (Å²) in [7, 11) is 1.65. The standard InChI is InChI=1S/C24H28N2O3/c1-17-11-7-9-15-21(19-12-5-4-6-13-19)25-23(27)18(2)26(3)24(28)20-14-8-10-16-22(20)29-17/h4-10,12-14,16-18,21H,11,15H2,1-3H3,(H,25,27)/b9-7+/t17-,18+,21+/m1/s1. The molecule has 0 aromatic heterocycles. The fourth-order valence-corrected chi connectivity index (χ4v) is 3.33. The molecule has 3 atom stereocenters. The zero-order chi connectivity index (χ0) is 20.8. The van der Waals surface area contributed by atoms with Gasteiger partial charge in [-0.05, 0) is 38.0 Å². The Labute approximate surface area is 172 Å². The smallest absolute Gasteiger partial charge is 0.258 e. The first-order chi connectivity index (χ1) is 14.0. The van der Waals surface area contributed by atoms with Crippen molar-refractivity contribution in [1.29, 1.82) is 0 Å². The molecule has 3 rings (SSSR count). The van der Waals surface area contributed by atoms with Gasteiger partial charge in [-0.15, -0.1) is 0 Å². The van der Waals surface area contributed by atoms with Crippen molar-refractivity contribution in [3.8, 4) is 5.75 Å². The number of benzene rings is 2. The van der Waals surface area contributed by atoms with E-state index in [1.165, 1.54) is 4.90 Å². The molecule has 0 radical (unpaired) electrons. The summed E-state index contributed by atoms with van der Waals surface area (Å²) in [6.45, 7) is 3.73. The van der Waals surface area contributed by atoms with E-state index in [-0.39, 0.29) is 24.0 Å². The number of amides is 2. The zero-order valence-corrected chi connectivity index (χ0v) is 17.2. The Balaban J connectivity index is 1.92. The molecule has 0 spiro atoms. The minimum absolute atomic E-state index is 0.0735. The quantitative estimate of drug-likeness (QED) is 0.743. The molecule has 1 heterocycles. The van der Waals surface area contributed by atoms with Crippen molar-refractivity contribution in [3.05, 3.63) is 77.9 Å². The van der Waals surface area contributed by atoms with Crippen LogP contribution in [0, 0.1) is 0 Å². The minimum Gasteiger partial charge on any atom is -0.490 e. The average molecular weight is 392 g/mol. The molecule has 0 fully saturated rings. The number of nitrogens with one attached hydrogen (secondary N) is 1. The zero-order valence-electron chi connectivity index (χ0n) is 17.2. The monoisotopic (exact) mass is 392 g/mol. The van der Waals surface area contributed by atoms with E-state index in [2.05, 4.69) is 17.5 Å². The van der Waals surface area contributed by atoms with Crippen LogP contribution in [0.1, 0.15) is 48.7 Å². The fourth-order valence-electron chi connectivity index (χ4n) is 3.33. The first-order valence-electron chi connectivity index (χ1n) is 10.0. The van der Waals surface area contributed by atoms with Crippen LogP contribution in [0.3, 0.4) is 0 Å². The topological polar surface area (TPSA) is 58.6 Å². The molecule has 2 amide bonds. The SMILES string of the molecule is C[C@@H]1C/C=C/C[C@@H](c2ccccc2)NC(=O)[C@H](C)N(C)C(=O)c2ccccc2O1. The second kappa shape index (κ2) is 9.41. The number of carbonyl (C=O) groups is 2. The lowest BCUT2D eigenvalue weighted by Gasteiger charge is -2.28. The van der Waals surface area contributed by atoms with Crippen molar-refractivity contribution in [2.24, 2.45) is 0 Å². The summed E-state index contributed by atoms with van der Waals surface area (Å²) in [6.07, 6.45) is 5.46. The van der Waals surface area contributed by atoms with Gasteiger partial charge in [0.2, 0.25) is 5.91 Å². The number of rotatable bonds is 1. The van der Waals surface area contributed by atoms with Gasteiger partial charge in [-0.25, -0.2) is 0 Å². The fraction of sp³-hybridized carbons (Fsp3) is 0.333. The maximum absolute atomic E-state index is 13.1. The lowest BCUT2D eigenvalue weighted by molar-refractivity contribution is -0.125. The Bertz CT molecular complexity index is 879. The molecule has 0 saturated carbocycles. The molecule has 0 bridgehead atoms. The van der Waals surface area contributed by atoms with Crippen LogP contribution in [0.15, 0.2) is 66.7 Å². The van der Waals surface area contributed by atoms with Crippen molar-refractivity contribution < 1.29 is 14.3 Å².